The lowest BCUT2D eigenvalue weighted by molar-refractivity contribution is -0.0247. The average Bonchev–Trinajstić information content (AvgIpc) is 2.92. The molecule has 0 N–H and O–H groups in total. The van der Waals surface area contributed by atoms with E-state index in [1.165, 1.54) is 11.3 Å². The number of aryl methyl sites for hydroxylation is 3. The van der Waals surface area contributed by atoms with Gasteiger partial charge < -0.3 is 9.64 Å². The van der Waals surface area contributed by atoms with E-state index in [1.807, 2.05) is 31.7 Å². The Balaban J connectivity index is 1.79. The molecular weight excluding hydrogens is 300 g/mol. The Morgan fingerprint density at radius 3 is 2.86 bits per heavy atom. The van der Waals surface area contributed by atoms with Crippen molar-refractivity contribution in [3.8, 4) is 0 Å². The van der Waals surface area contributed by atoms with Crippen molar-refractivity contribution in [1.29, 1.82) is 0 Å². The summed E-state index contributed by atoms with van der Waals surface area (Å²) < 4.78 is 5.81. The fraction of sp³-hybridized carbons (Fsp3) is 0.467. The number of aromatic nitrogens is 3. The molecule has 1 aliphatic rings. The van der Waals surface area contributed by atoms with Gasteiger partial charge in [-0.3, -0.25) is 4.79 Å². The Kier molecular flexibility index (Phi) is 4.17. The fourth-order valence-corrected chi connectivity index (χ4v) is 3.34. The SMILES string of the molecule is Cc1cc([C@@H]2CN(C(=O)c3scnc3C)CCO2)nc(C)n1. The number of thiazole rings is 1. The summed E-state index contributed by atoms with van der Waals surface area (Å²) in [6, 6.07) is 1.92. The molecule has 0 saturated carbocycles. The number of amides is 1. The first-order valence-electron chi connectivity index (χ1n) is 7.17. The maximum absolute atomic E-state index is 12.6. The lowest BCUT2D eigenvalue weighted by atomic mass is 10.1. The van der Waals surface area contributed by atoms with E-state index in [9.17, 15) is 4.79 Å². The highest BCUT2D eigenvalue weighted by molar-refractivity contribution is 7.11. The van der Waals surface area contributed by atoms with Crippen LogP contribution in [-0.4, -0.2) is 45.5 Å². The van der Waals surface area contributed by atoms with Crippen molar-refractivity contribution in [2.75, 3.05) is 19.7 Å². The molecule has 0 spiro atoms. The Morgan fingerprint density at radius 2 is 2.18 bits per heavy atom. The third kappa shape index (κ3) is 3.00. The Labute approximate surface area is 133 Å². The van der Waals surface area contributed by atoms with Crippen molar-refractivity contribution in [2.45, 2.75) is 26.9 Å². The van der Waals surface area contributed by atoms with Crippen LogP contribution in [-0.2, 0) is 4.74 Å². The summed E-state index contributed by atoms with van der Waals surface area (Å²) in [6.45, 7) is 7.27. The van der Waals surface area contributed by atoms with Crippen LogP contribution in [0.25, 0.3) is 0 Å². The summed E-state index contributed by atoms with van der Waals surface area (Å²) in [7, 11) is 0. The number of nitrogens with zero attached hydrogens (tertiary/aromatic N) is 4. The summed E-state index contributed by atoms with van der Waals surface area (Å²) in [5.74, 6) is 0.746. The lowest BCUT2D eigenvalue weighted by Crippen LogP contribution is -2.42. The van der Waals surface area contributed by atoms with Gasteiger partial charge in [0.15, 0.2) is 0 Å². The average molecular weight is 318 g/mol. The van der Waals surface area contributed by atoms with E-state index >= 15 is 0 Å². The molecule has 0 radical (unpaired) electrons. The minimum atomic E-state index is -0.202. The van der Waals surface area contributed by atoms with Crippen molar-refractivity contribution in [3.05, 3.63) is 39.4 Å². The van der Waals surface area contributed by atoms with E-state index in [4.69, 9.17) is 4.74 Å². The van der Waals surface area contributed by atoms with Crippen molar-refractivity contribution in [1.82, 2.24) is 19.9 Å². The monoisotopic (exact) mass is 318 g/mol. The largest absolute Gasteiger partial charge is 0.368 e. The van der Waals surface area contributed by atoms with Gasteiger partial charge in [-0.25, -0.2) is 15.0 Å². The molecular formula is C15H18N4O2S. The van der Waals surface area contributed by atoms with Crippen LogP contribution in [0.3, 0.4) is 0 Å². The molecule has 3 rings (SSSR count). The van der Waals surface area contributed by atoms with Gasteiger partial charge in [0.05, 0.1) is 30.1 Å². The highest BCUT2D eigenvalue weighted by Crippen LogP contribution is 2.24. The van der Waals surface area contributed by atoms with Crippen LogP contribution in [0.2, 0.25) is 0 Å². The molecule has 2 aromatic heterocycles. The second-order valence-electron chi connectivity index (χ2n) is 5.36. The minimum absolute atomic E-state index is 0.0239. The van der Waals surface area contributed by atoms with E-state index < -0.39 is 0 Å². The normalized spacial score (nSPS) is 18.5. The van der Waals surface area contributed by atoms with Gasteiger partial charge in [-0.15, -0.1) is 11.3 Å². The van der Waals surface area contributed by atoms with E-state index in [1.54, 1.807) is 5.51 Å². The highest BCUT2D eigenvalue weighted by Gasteiger charge is 2.28. The number of hydrogen-bond donors (Lipinski definition) is 0. The van der Waals surface area contributed by atoms with Crippen LogP contribution in [0.4, 0.5) is 0 Å². The summed E-state index contributed by atoms with van der Waals surface area (Å²) in [5, 5.41) is 0. The Bertz CT molecular complexity index is 680. The van der Waals surface area contributed by atoms with E-state index in [0.29, 0.717) is 24.6 Å². The zero-order valence-corrected chi connectivity index (χ0v) is 13.7. The smallest absolute Gasteiger partial charge is 0.266 e. The van der Waals surface area contributed by atoms with Gasteiger partial charge in [0.1, 0.15) is 16.8 Å². The number of carbonyl (C=O) groups excluding carboxylic acids is 1. The second-order valence-corrected chi connectivity index (χ2v) is 6.21. The molecule has 7 heteroatoms. The standard InChI is InChI=1S/C15H18N4O2S/c1-9-6-12(18-11(3)17-9)13-7-19(4-5-21-13)15(20)14-10(2)16-8-22-14/h6,8,13H,4-5,7H2,1-3H3/t13-/m0/s1. The summed E-state index contributed by atoms with van der Waals surface area (Å²) in [6.07, 6.45) is -0.202. The van der Waals surface area contributed by atoms with Crippen molar-refractivity contribution in [3.63, 3.8) is 0 Å². The van der Waals surface area contributed by atoms with Gasteiger partial charge in [0, 0.05) is 12.2 Å². The third-order valence-corrected chi connectivity index (χ3v) is 4.53. The molecule has 1 atom stereocenters. The first-order chi connectivity index (χ1) is 10.5. The van der Waals surface area contributed by atoms with Crippen LogP contribution < -0.4 is 0 Å². The fourth-order valence-electron chi connectivity index (χ4n) is 2.57. The second kappa shape index (κ2) is 6.10. The summed E-state index contributed by atoms with van der Waals surface area (Å²) >= 11 is 1.38. The van der Waals surface area contributed by atoms with Crippen molar-refractivity contribution in [2.24, 2.45) is 0 Å². The van der Waals surface area contributed by atoms with Crippen LogP contribution in [0, 0.1) is 20.8 Å². The maximum Gasteiger partial charge on any atom is 0.266 e. The molecule has 0 unspecified atom stereocenters. The molecule has 0 aliphatic carbocycles. The number of morpholine rings is 1. The van der Waals surface area contributed by atoms with Gasteiger partial charge in [0.25, 0.3) is 5.91 Å². The van der Waals surface area contributed by atoms with Gasteiger partial charge in [-0.05, 0) is 26.8 Å². The topological polar surface area (TPSA) is 68.2 Å². The third-order valence-electron chi connectivity index (χ3n) is 3.61. The van der Waals surface area contributed by atoms with Crippen LogP contribution in [0.1, 0.15) is 38.7 Å². The maximum atomic E-state index is 12.6. The molecule has 2 aromatic rings. The van der Waals surface area contributed by atoms with E-state index in [-0.39, 0.29) is 12.0 Å². The molecule has 1 aliphatic heterocycles. The predicted octanol–water partition coefficient (Wildman–Crippen LogP) is 2.07. The van der Waals surface area contributed by atoms with Crippen LogP contribution >= 0.6 is 11.3 Å². The van der Waals surface area contributed by atoms with E-state index in [0.717, 1.165) is 22.9 Å². The van der Waals surface area contributed by atoms with Crippen molar-refractivity contribution < 1.29 is 9.53 Å². The Hall–Kier alpha value is -1.86. The molecule has 1 saturated heterocycles. The van der Waals surface area contributed by atoms with Crippen LogP contribution in [0.15, 0.2) is 11.6 Å². The molecule has 22 heavy (non-hydrogen) atoms. The first kappa shape index (κ1) is 15.1. The minimum Gasteiger partial charge on any atom is -0.368 e. The number of rotatable bonds is 2. The molecule has 1 fully saturated rings. The van der Waals surface area contributed by atoms with Crippen LogP contribution in [0.5, 0.6) is 0 Å². The van der Waals surface area contributed by atoms with Gasteiger partial charge in [-0.1, -0.05) is 0 Å². The summed E-state index contributed by atoms with van der Waals surface area (Å²) in [4.78, 5) is 28.0. The molecule has 0 aromatic carbocycles. The molecule has 3 heterocycles. The first-order valence-corrected chi connectivity index (χ1v) is 8.05. The number of ether oxygens (including phenoxy) is 1. The number of carbonyl (C=O) groups is 1. The molecule has 116 valence electrons. The quantitative estimate of drug-likeness (QED) is 0.848. The zero-order chi connectivity index (χ0) is 15.7. The molecule has 6 nitrogen and oxygen atoms in total. The zero-order valence-electron chi connectivity index (χ0n) is 12.9. The van der Waals surface area contributed by atoms with Gasteiger partial charge >= 0.3 is 0 Å². The van der Waals surface area contributed by atoms with Gasteiger partial charge in [0.2, 0.25) is 0 Å². The molecule has 1 amide bonds. The Morgan fingerprint density at radius 1 is 1.36 bits per heavy atom. The summed E-state index contributed by atoms with van der Waals surface area (Å²) in [5.41, 5.74) is 4.24. The van der Waals surface area contributed by atoms with Crippen molar-refractivity contribution >= 4 is 17.2 Å². The van der Waals surface area contributed by atoms with E-state index in [2.05, 4.69) is 15.0 Å². The lowest BCUT2D eigenvalue weighted by Gasteiger charge is -2.32. The number of hydrogen-bond acceptors (Lipinski definition) is 6. The van der Waals surface area contributed by atoms with Gasteiger partial charge in [-0.2, -0.15) is 0 Å². The predicted molar refractivity (Wildman–Crippen MR) is 83.0 cm³/mol. The highest BCUT2D eigenvalue weighted by atomic mass is 32.1. The molecule has 0 bridgehead atoms.